The third-order valence-corrected chi connectivity index (χ3v) is 8.24. The molecule has 0 aliphatic carbocycles. The Morgan fingerprint density at radius 2 is 1.19 bits per heavy atom. The van der Waals surface area contributed by atoms with Crippen molar-refractivity contribution in [2.75, 3.05) is 0 Å². The Morgan fingerprint density at radius 1 is 0.465 bits per heavy atom. The van der Waals surface area contributed by atoms with Crippen molar-refractivity contribution >= 4 is 65.6 Å². The number of nitrogens with zero attached hydrogens (tertiary/aromatic N) is 2. The Kier molecular flexibility index (Phi) is 5.16. The highest BCUT2D eigenvalue weighted by atomic mass is 16.3. The predicted molar refractivity (Wildman–Crippen MR) is 176 cm³/mol. The number of furan rings is 1. The maximum atomic E-state index is 6.81. The number of oxazole rings is 1. The van der Waals surface area contributed by atoms with Crippen LogP contribution in [0.25, 0.3) is 82.8 Å². The van der Waals surface area contributed by atoms with E-state index < -0.39 is 0 Å². The number of para-hydroxylation sites is 3. The van der Waals surface area contributed by atoms with Crippen molar-refractivity contribution in [3.63, 3.8) is 0 Å². The van der Waals surface area contributed by atoms with Gasteiger partial charge in [-0.15, -0.1) is 0 Å². The van der Waals surface area contributed by atoms with E-state index in [9.17, 15) is 0 Å². The second kappa shape index (κ2) is 9.33. The third kappa shape index (κ3) is 3.74. The van der Waals surface area contributed by atoms with Gasteiger partial charge in [0.05, 0.1) is 16.7 Å². The molecule has 0 unspecified atom stereocenters. The van der Waals surface area contributed by atoms with Crippen LogP contribution in [-0.4, -0.2) is 9.55 Å². The fraction of sp³-hybridized carbons (Fsp3) is 0. The van der Waals surface area contributed by atoms with E-state index in [1.54, 1.807) is 0 Å². The van der Waals surface area contributed by atoms with Crippen molar-refractivity contribution in [3.05, 3.63) is 146 Å². The largest absolute Gasteiger partial charge is 0.454 e. The Morgan fingerprint density at radius 3 is 2.09 bits per heavy atom. The minimum Gasteiger partial charge on any atom is -0.454 e. The summed E-state index contributed by atoms with van der Waals surface area (Å²) < 4.78 is 15.2. The zero-order valence-corrected chi connectivity index (χ0v) is 23.1. The molecule has 3 aromatic heterocycles. The molecule has 3 heterocycles. The van der Waals surface area contributed by atoms with Crippen molar-refractivity contribution in [2.24, 2.45) is 0 Å². The lowest BCUT2D eigenvalue weighted by molar-refractivity contribution is 0.619. The van der Waals surface area contributed by atoms with E-state index in [0.29, 0.717) is 5.89 Å². The summed E-state index contributed by atoms with van der Waals surface area (Å²) in [7, 11) is 0. The molecular weight excluding hydrogens is 528 g/mol. The molecule has 4 heteroatoms. The van der Waals surface area contributed by atoms with Gasteiger partial charge in [0.1, 0.15) is 11.1 Å². The Labute approximate surface area is 246 Å². The van der Waals surface area contributed by atoms with E-state index in [1.807, 2.05) is 48.5 Å². The maximum Gasteiger partial charge on any atom is 0.227 e. The van der Waals surface area contributed by atoms with E-state index in [-0.39, 0.29) is 0 Å². The molecule has 0 saturated heterocycles. The summed E-state index contributed by atoms with van der Waals surface area (Å²) in [6, 6.07) is 50.3. The van der Waals surface area contributed by atoms with Gasteiger partial charge in [-0.05, 0) is 65.4 Å². The van der Waals surface area contributed by atoms with Crippen LogP contribution in [-0.2, 0) is 0 Å². The summed E-state index contributed by atoms with van der Waals surface area (Å²) in [5.41, 5.74) is 7.28. The highest BCUT2D eigenvalue weighted by Gasteiger charge is 2.18. The van der Waals surface area contributed by atoms with Gasteiger partial charge in [0.25, 0.3) is 0 Å². The third-order valence-electron chi connectivity index (χ3n) is 8.24. The van der Waals surface area contributed by atoms with Gasteiger partial charge < -0.3 is 13.4 Å². The summed E-state index contributed by atoms with van der Waals surface area (Å²) >= 11 is 0. The molecule has 0 bridgehead atoms. The van der Waals surface area contributed by atoms with Gasteiger partial charge in [0.15, 0.2) is 11.2 Å². The molecule has 0 amide bonds. The van der Waals surface area contributed by atoms with E-state index in [0.717, 1.165) is 55.3 Å². The van der Waals surface area contributed by atoms with Gasteiger partial charge >= 0.3 is 0 Å². The molecule has 0 spiro atoms. The summed E-state index contributed by atoms with van der Waals surface area (Å²) in [4.78, 5) is 4.72. The highest BCUT2D eigenvalue weighted by Crippen LogP contribution is 2.39. The molecule has 9 aromatic rings. The van der Waals surface area contributed by atoms with Crippen LogP contribution in [0.3, 0.4) is 0 Å². The summed E-state index contributed by atoms with van der Waals surface area (Å²) in [5, 5.41) is 6.89. The lowest BCUT2D eigenvalue weighted by atomic mass is 10.1. The highest BCUT2D eigenvalue weighted by molar-refractivity contribution is 6.15. The van der Waals surface area contributed by atoms with Crippen LogP contribution in [0, 0.1) is 0 Å². The fourth-order valence-corrected chi connectivity index (χ4v) is 6.26. The van der Waals surface area contributed by atoms with Crippen molar-refractivity contribution < 1.29 is 8.83 Å². The van der Waals surface area contributed by atoms with E-state index in [2.05, 4.69) is 102 Å². The molecule has 43 heavy (non-hydrogen) atoms. The first-order valence-electron chi connectivity index (χ1n) is 14.4. The molecule has 0 N–H and O–H groups in total. The van der Waals surface area contributed by atoms with Crippen LogP contribution in [0.5, 0.6) is 0 Å². The summed E-state index contributed by atoms with van der Waals surface area (Å²) in [6.45, 7) is 0. The molecule has 0 saturated carbocycles. The van der Waals surface area contributed by atoms with E-state index in [1.165, 1.54) is 21.5 Å². The normalized spacial score (nSPS) is 11.7. The first-order valence-corrected chi connectivity index (χ1v) is 14.4. The Hall–Kier alpha value is -5.87. The van der Waals surface area contributed by atoms with E-state index in [4.69, 9.17) is 13.8 Å². The second-order valence-electron chi connectivity index (χ2n) is 10.8. The molecule has 202 valence electrons. The molecule has 4 nitrogen and oxygen atoms in total. The average Bonchev–Trinajstić information content (AvgIpc) is 3.73. The molecule has 0 fully saturated rings. The van der Waals surface area contributed by atoms with Crippen LogP contribution in [0.1, 0.15) is 0 Å². The van der Waals surface area contributed by atoms with Gasteiger partial charge in [-0.2, -0.15) is 0 Å². The zero-order valence-electron chi connectivity index (χ0n) is 23.1. The van der Waals surface area contributed by atoms with Crippen LogP contribution in [0.15, 0.2) is 154 Å². The van der Waals surface area contributed by atoms with Gasteiger partial charge in [0.2, 0.25) is 5.89 Å². The number of fused-ring (bicyclic) bond motifs is 8. The number of hydrogen-bond acceptors (Lipinski definition) is 3. The number of hydrogen-bond donors (Lipinski definition) is 0. The first kappa shape index (κ1) is 23.8. The van der Waals surface area contributed by atoms with Gasteiger partial charge in [-0.3, -0.25) is 0 Å². The van der Waals surface area contributed by atoms with Crippen molar-refractivity contribution in [1.82, 2.24) is 9.55 Å². The lowest BCUT2D eigenvalue weighted by Crippen LogP contribution is -1.93. The number of benzene rings is 5. The molecule has 0 aliphatic rings. The Bertz CT molecular complexity index is 2550. The summed E-state index contributed by atoms with van der Waals surface area (Å²) in [6.07, 6.45) is 0. The van der Waals surface area contributed by atoms with Crippen LogP contribution >= 0.6 is 0 Å². The second-order valence-corrected chi connectivity index (χ2v) is 10.8. The van der Waals surface area contributed by atoms with E-state index >= 15 is 0 Å². The standard InChI is InChI=1S/C39H24N2O2/c1-2-4-15-30-29-21-20-27(39-40-32-16-9-11-19-36(32)43-39)24-37(29)42-38(30)34(18-5-3-1)41-33-17-10-8-14-28(33)31-22-25-12-6-7-13-26(25)23-35(31)41/h1-24H. The van der Waals surface area contributed by atoms with Crippen LogP contribution in [0.2, 0.25) is 0 Å². The first-order chi connectivity index (χ1) is 21.3. The van der Waals surface area contributed by atoms with Crippen LogP contribution < -0.4 is 0 Å². The van der Waals surface area contributed by atoms with Crippen LogP contribution in [0.4, 0.5) is 0 Å². The average molecular weight is 553 g/mol. The molecule has 0 aliphatic heterocycles. The maximum absolute atomic E-state index is 6.81. The number of rotatable bonds is 2. The lowest BCUT2D eigenvalue weighted by Gasteiger charge is -2.08. The van der Waals surface area contributed by atoms with Crippen molar-refractivity contribution in [2.45, 2.75) is 0 Å². The smallest absolute Gasteiger partial charge is 0.227 e. The Balaban J connectivity index is 1.39. The molecule has 6 aromatic carbocycles. The van der Waals surface area contributed by atoms with Gasteiger partial charge in [-0.25, -0.2) is 4.98 Å². The van der Waals surface area contributed by atoms with Gasteiger partial charge in [0, 0.05) is 27.1 Å². The molecule has 0 radical (unpaired) electrons. The quantitative estimate of drug-likeness (QED) is 0.214. The molecular formula is C39H24N2O2. The summed E-state index contributed by atoms with van der Waals surface area (Å²) in [5.74, 6) is 0.576. The topological polar surface area (TPSA) is 44.1 Å². The number of aromatic nitrogens is 2. The molecule has 0 atom stereocenters. The van der Waals surface area contributed by atoms with Crippen molar-refractivity contribution in [1.29, 1.82) is 0 Å². The fourth-order valence-electron chi connectivity index (χ4n) is 6.26. The van der Waals surface area contributed by atoms with Crippen molar-refractivity contribution in [3.8, 4) is 17.1 Å². The van der Waals surface area contributed by atoms with Gasteiger partial charge in [-0.1, -0.05) is 91.0 Å². The minimum atomic E-state index is 0.576. The monoisotopic (exact) mass is 552 g/mol. The zero-order chi connectivity index (χ0) is 28.3. The molecule has 9 rings (SSSR count). The predicted octanol–water partition coefficient (Wildman–Crippen LogP) is 10.8. The SMILES string of the molecule is c1cccc(-n2c3ccccc3c3cc4ccccc4cc32)c2oc3cc(-c4nc5ccccc5o4)ccc3c2ccc1. The minimum absolute atomic E-state index is 0.576.